The lowest BCUT2D eigenvalue weighted by atomic mass is 9.81. The van der Waals surface area contributed by atoms with Gasteiger partial charge in [0.15, 0.2) is 0 Å². The van der Waals surface area contributed by atoms with E-state index in [4.69, 9.17) is 10.2 Å². The Balaban J connectivity index is 1.92. The van der Waals surface area contributed by atoms with E-state index in [1.807, 2.05) is 0 Å². The van der Waals surface area contributed by atoms with Gasteiger partial charge in [0.1, 0.15) is 0 Å². The number of alkyl halides is 3. The van der Waals surface area contributed by atoms with Gasteiger partial charge in [-0.25, -0.2) is 0 Å². The molecule has 0 aliphatic heterocycles. The van der Waals surface area contributed by atoms with Crippen molar-refractivity contribution in [2.24, 2.45) is 11.7 Å². The maximum absolute atomic E-state index is 12.5. The van der Waals surface area contributed by atoms with Crippen LogP contribution in [-0.2, 0) is 6.42 Å². The molecular formula is C11H16F3N3O. The van der Waals surface area contributed by atoms with Crippen molar-refractivity contribution in [1.82, 2.24) is 10.2 Å². The Labute approximate surface area is 103 Å². The van der Waals surface area contributed by atoms with Crippen molar-refractivity contribution in [1.29, 1.82) is 0 Å². The minimum Gasteiger partial charge on any atom is -0.425 e. The summed E-state index contributed by atoms with van der Waals surface area (Å²) in [7, 11) is 0. The van der Waals surface area contributed by atoms with Gasteiger partial charge in [0.2, 0.25) is 11.8 Å². The minimum atomic E-state index is -4.08. The zero-order chi connectivity index (χ0) is 13.2. The SMILES string of the molecule is NCCc1nnc(C2CCC(C(F)(F)F)CC2)o1. The van der Waals surface area contributed by atoms with Gasteiger partial charge in [0, 0.05) is 18.9 Å². The highest BCUT2D eigenvalue weighted by atomic mass is 19.4. The third kappa shape index (κ3) is 3.01. The van der Waals surface area contributed by atoms with Gasteiger partial charge in [-0.1, -0.05) is 0 Å². The topological polar surface area (TPSA) is 64.9 Å². The molecule has 0 atom stereocenters. The molecule has 102 valence electrons. The minimum absolute atomic E-state index is 0.0392. The lowest BCUT2D eigenvalue weighted by molar-refractivity contribution is -0.182. The Hall–Kier alpha value is -1.11. The molecule has 1 aromatic rings. The van der Waals surface area contributed by atoms with E-state index in [0.29, 0.717) is 37.6 Å². The molecule has 0 spiro atoms. The van der Waals surface area contributed by atoms with Gasteiger partial charge in [-0.2, -0.15) is 13.2 Å². The zero-order valence-corrected chi connectivity index (χ0v) is 9.91. The molecular weight excluding hydrogens is 247 g/mol. The second-order valence-electron chi connectivity index (χ2n) is 4.66. The number of aromatic nitrogens is 2. The third-order valence-corrected chi connectivity index (χ3v) is 3.38. The van der Waals surface area contributed by atoms with Gasteiger partial charge < -0.3 is 10.2 Å². The highest BCUT2D eigenvalue weighted by Gasteiger charge is 2.42. The molecule has 2 rings (SSSR count). The van der Waals surface area contributed by atoms with Crippen LogP contribution in [0.4, 0.5) is 13.2 Å². The first kappa shape index (κ1) is 13.3. The molecule has 1 saturated carbocycles. The van der Waals surface area contributed by atoms with Crippen molar-refractivity contribution in [3.63, 3.8) is 0 Å². The van der Waals surface area contributed by atoms with Crippen LogP contribution >= 0.6 is 0 Å². The van der Waals surface area contributed by atoms with E-state index >= 15 is 0 Å². The quantitative estimate of drug-likeness (QED) is 0.909. The van der Waals surface area contributed by atoms with Crippen molar-refractivity contribution >= 4 is 0 Å². The summed E-state index contributed by atoms with van der Waals surface area (Å²) in [5.41, 5.74) is 5.36. The molecule has 1 aliphatic carbocycles. The lowest BCUT2D eigenvalue weighted by Gasteiger charge is -2.27. The molecule has 0 saturated heterocycles. The number of halogens is 3. The van der Waals surface area contributed by atoms with Crippen LogP contribution in [0, 0.1) is 5.92 Å². The molecule has 0 aromatic carbocycles. The number of nitrogens with zero attached hydrogens (tertiary/aromatic N) is 2. The summed E-state index contributed by atoms with van der Waals surface area (Å²) in [6.45, 7) is 0.419. The largest absolute Gasteiger partial charge is 0.425 e. The molecule has 4 nitrogen and oxygen atoms in total. The fourth-order valence-electron chi connectivity index (χ4n) is 2.32. The zero-order valence-electron chi connectivity index (χ0n) is 9.91. The van der Waals surface area contributed by atoms with Crippen LogP contribution in [0.25, 0.3) is 0 Å². The molecule has 2 N–H and O–H groups in total. The Kier molecular flexibility index (Phi) is 3.89. The Morgan fingerprint density at radius 2 is 1.83 bits per heavy atom. The van der Waals surface area contributed by atoms with Gasteiger partial charge in [-0.05, 0) is 25.7 Å². The number of hydrogen-bond acceptors (Lipinski definition) is 4. The summed E-state index contributed by atoms with van der Waals surface area (Å²) in [5.74, 6) is -0.299. The molecule has 1 fully saturated rings. The second kappa shape index (κ2) is 5.26. The summed E-state index contributed by atoms with van der Waals surface area (Å²) < 4.78 is 42.9. The van der Waals surface area contributed by atoms with Gasteiger partial charge in [0.05, 0.1) is 5.92 Å². The summed E-state index contributed by atoms with van der Waals surface area (Å²) in [6, 6.07) is 0. The first-order chi connectivity index (χ1) is 8.50. The van der Waals surface area contributed by atoms with Crippen LogP contribution in [-0.4, -0.2) is 22.9 Å². The monoisotopic (exact) mass is 263 g/mol. The highest BCUT2D eigenvalue weighted by molar-refractivity contribution is 4.95. The average molecular weight is 263 g/mol. The van der Waals surface area contributed by atoms with Crippen LogP contribution in [0.2, 0.25) is 0 Å². The molecule has 1 aromatic heterocycles. The van der Waals surface area contributed by atoms with Crippen LogP contribution in [0.3, 0.4) is 0 Å². The Morgan fingerprint density at radius 3 is 2.39 bits per heavy atom. The second-order valence-corrected chi connectivity index (χ2v) is 4.66. The fourth-order valence-corrected chi connectivity index (χ4v) is 2.32. The molecule has 0 bridgehead atoms. The van der Waals surface area contributed by atoms with Gasteiger partial charge in [-0.15, -0.1) is 10.2 Å². The maximum Gasteiger partial charge on any atom is 0.391 e. The Bertz CT molecular complexity index is 383. The smallest absolute Gasteiger partial charge is 0.391 e. The Morgan fingerprint density at radius 1 is 1.17 bits per heavy atom. The first-order valence-corrected chi connectivity index (χ1v) is 6.09. The van der Waals surface area contributed by atoms with E-state index in [1.54, 1.807) is 0 Å². The number of hydrogen-bond donors (Lipinski definition) is 1. The predicted octanol–water partition coefficient (Wildman–Crippen LogP) is 2.41. The average Bonchev–Trinajstić information content (AvgIpc) is 2.77. The molecule has 18 heavy (non-hydrogen) atoms. The van der Waals surface area contributed by atoms with Gasteiger partial charge in [-0.3, -0.25) is 0 Å². The van der Waals surface area contributed by atoms with E-state index in [2.05, 4.69) is 10.2 Å². The van der Waals surface area contributed by atoms with Crippen LogP contribution in [0.1, 0.15) is 43.4 Å². The molecule has 7 heteroatoms. The van der Waals surface area contributed by atoms with Crippen molar-refractivity contribution in [3.8, 4) is 0 Å². The fraction of sp³-hybridized carbons (Fsp3) is 0.818. The van der Waals surface area contributed by atoms with Gasteiger partial charge in [0.25, 0.3) is 0 Å². The van der Waals surface area contributed by atoms with E-state index in [0.717, 1.165) is 0 Å². The number of rotatable bonds is 3. The van der Waals surface area contributed by atoms with Crippen LogP contribution in [0.5, 0.6) is 0 Å². The summed E-state index contributed by atoms with van der Waals surface area (Å²) in [6.07, 6.45) is -2.39. The summed E-state index contributed by atoms with van der Waals surface area (Å²) in [4.78, 5) is 0. The predicted molar refractivity (Wildman–Crippen MR) is 57.8 cm³/mol. The van der Waals surface area contributed by atoms with E-state index in [1.165, 1.54) is 0 Å². The van der Waals surface area contributed by atoms with Crippen molar-refractivity contribution in [2.75, 3.05) is 6.54 Å². The van der Waals surface area contributed by atoms with Crippen molar-refractivity contribution in [2.45, 2.75) is 44.2 Å². The maximum atomic E-state index is 12.5. The van der Waals surface area contributed by atoms with E-state index < -0.39 is 12.1 Å². The molecule has 1 aliphatic rings. The first-order valence-electron chi connectivity index (χ1n) is 6.09. The molecule has 1 heterocycles. The van der Waals surface area contributed by atoms with E-state index in [-0.39, 0.29) is 18.8 Å². The lowest BCUT2D eigenvalue weighted by Crippen LogP contribution is -2.27. The molecule has 0 unspecified atom stereocenters. The molecule has 0 amide bonds. The summed E-state index contributed by atoms with van der Waals surface area (Å²) in [5, 5.41) is 7.72. The standard InChI is InChI=1S/C11H16F3N3O/c12-11(13,14)8-3-1-7(2-4-8)10-17-16-9(18-10)5-6-15/h7-8H,1-6,15H2. The van der Waals surface area contributed by atoms with Crippen molar-refractivity contribution in [3.05, 3.63) is 11.8 Å². The normalized spacial score (nSPS) is 25.3. The van der Waals surface area contributed by atoms with Crippen molar-refractivity contribution < 1.29 is 17.6 Å². The van der Waals surface area contributed by atoms with Crippen LogP contribution in [0.15, 0.2) is 4.42 Å². The van der Waals surface area contributed by atoms with Gasteiger partial charge >= 0.3 is 6.18 Å². The number of nitrogens with two attached hydrogens (primary N) is 1. The highest BCUT2D eigenvalue weighted by Crippen LogP contribution is 2.42. The summed E-state index contributed by atoms with van der Waals surface area (Å²) >= 11 is 0. The van der Waals surface area contributed by atoms with Crippen LogP contribution < -0.4 is 5.73 Å². The third-order valence-electron chi connectivity index (χ3n) is 3.38. The molecule has 0 radical (unpaired) electrons. The van der Waals surface area contributed by atoms with E-state index in [9.17, 15) is 13.2 Å².